The molecule has 0 aliphatic carbocycles. The molecule has 0 N–H and O–H groups in total. The van der Waals surface area contributed by atoms with Gasteiger partial charge in [0, 0.05) is 6.20 Å². The average Bonchev–Trinajstić information content (AvgIpc) is 1.94. The number of pyridine rings is 1. The Morgan fingerprint density at radius 1 is 1.60 bits per heavy atom. The first-order valence-electron chi connectivity index (χ1n) is 2.64. The van der Waals surface area contributed by atoms with Gasteiger partial charge in [0.05, 0.1) is 0 Å². The molecule has 0 amide bonds. The molecule has 1 aromatic heterocycles. The van der Waals surface area contributed by atoms with Gasteiger partial charge in [-0.3, -0.25) is 0 Å². The molecule has 4 heteroatoms. The van der Waals surface area contributed by atoms with E-state index in [1.54, 1.807) is 18.3 Å². The second-order valence-electron chi connectivity index (χ2n) is 1.54. The van der Waals surface area contributed by atoms with Crippen LogP contribution in [0.4, 0.5) is 0 Å². The largest absolute Gasteiger partial charge is 0.460 e. The maximum absolute atomic E-state index is 5.66. The minimum Gasteiger partial charge on any atom is -0.460 e. The summed E-state index contributed by atoms with van der Waals surface area (Å²) in [4.78, 5) is 3.83. The summed E-state index contributed by atoms with van der Waals surface area (Å²) in [5.74, 6) is 0.374. The monoisotopic (exact) mass is 177 g/mol. The molecule has 0 atom stereocenters. The molecule has 0 spiro atoms. The Morgan fingerprint density at radius 3 is 3.00 bits per heavy atom. The highest BCUT2D eigenvalue weighted by Crippen LogP contribution is 2.19. The molecule has 0 radical (unpaired) electrons. The molecule has 2 nitrogen and oxygen atoms in total. The van der Waals surface area contributed by atoms with Crippen LogP contribution in [0, 0.1) is 0 Å². The van der Waals surface area contributed by atoms with Gasteiger partial charge in [-0.1, -0.05) is 23.2 Å². The van der Waals surface area contributed by atoms with E-state index in [1.165, 1.54) is 0 Å². The maximum atomic E-state index is 5.66. The molecular formula is C6H5Cl2NO. The zero-order chi connectivity index (χ0) is 7.40. The average molecular weight is 178 g/mol. The fourth-order valence-corrected chi connectivity index (χ4v) is 0.809. The number of alkyl halides is 1. The van der Waals surface area contributed by atoms with Gasteiger partial charge in [0.15, 0.2) is 6.07 Å². The third-order valence-corrected chi connectivity index (χ3v) is 1.31. The Labute approximate surface area is 68.7 Å². The summed E-state index contributed by atoms with van der Waals surface area (Å²) in [5, 5.41) is 0.475. The predicted octanol–water partition coefficient (Wildman–Crippen LogP) is 2.31. The van der Waals surface area contributed by atoms with Crippen LogP contribution in [0.2, 0.25) is 5.02 Å². The first kappa shape index (κ1) is 7.63. The Balaban J connectivity index is 2.81. The molecule has 0 aromatic carbocycles. The van der Waals surface area contributed by atoms with Crippen molar-refractivity contribution in [2.75, 3.05) is 6.07 Å². The molecule has 0 fully saturated rings. The Bertz CT molecular complexity index is 217. The van der Waals surface area contributed by atoms with Gasteiger partial charge < -0.3 is 4.74 Å². The lowest BCUT2D eigenvalue weighted by molar-refractivity contribution is 0.372. The van der Waals surface area contributed by atoms with Gasteiger partial charge in [-0.05, 0) is 12.1 Å². The lowest BCUT2D eigenvalue weighted by Crippen LogP contribution is -1.91. The van der Waals surface area contributed by atoms with E-state index in [2.05, 4.69) is 4.98 Å². The second-order valence-corrected chi connectivity index (χ2v) is 2.17. The van der Waals surface area contributed by atoms with E-state index in [9.17, 15) is 0 Å². The van der Waals surface area contributed by atoms with E-state index in [4.69, 9.17) is 27.9 Å². The van der Waals surface area contributed by atoms with Crippen molar-refractivity contribution in [3.8, 4) is 5.88 Å². The van der Waals surface area contributed by atoms with Crippen molar-refractivity contribution >= 4 is 23.2 Å². The Hall–Kier alpha value is -0.470. The quantitative estimate of drug-likeness (QED) is 0.648. The zero-order valence-electron chi connectivity index (χ0n) is 5.05. The normalized spacial score (nSPS) is 9.40. The van der Waals surface area contributed by atoms with E-state index in [1.807, 2.05) is 0 Å². The van der Waals surface area contributed by atoms with E-state index >= 15 is 0 Å². The van der Waals surface area contributed by atoms with E-state index in [0.29, 0.717) is 10.9 Å². The van der Waals surface area contributed by atoms with Crippen molar-refractivity contribution in [3.05, 3.63) is 23.4 Å². The second kappa shape index (κ2) is 3.64. The first-order valence-corrected chi connectivity index (χ1v) is 3.55. The van der Waals surface area contributed by atoms with E-state index in [0.717, 1.165) is 0 Å². The van der Waals surface area contributed by atoms with Crippen molar-refractivity contribution < 1.29 is 4.74 Å². The van der Waals surface area contributed by atoms with Gasteiger partial charge >= 0.3 is 0 Å². The lowest BCUT2D eigenvalue weighted by atomic mass is 10.5. The van der Waals surface area contributed by atoms with Crippen LogP contribution >= 0.6 is 23.2 Å². The smallest absolute Gasteiger partial charge is 0.233 e. The van der Waals surface area contributed by atoms with Crippen LogP contribution in [0.15, 0.2) is 18.3 Å². The summed E-state index contributed by atoms with van der Waals surface area (Å²) >= 11 is 10.9. The van der Waals surface area contributed by atoms with E-state index < -0.39 is 0 Å². The number of rotatable bonds is 2. The third-order valence-electron chi connectivity index (χ3n) is 0.916. The van der Waals surface area contributed by atoms with Crippen molar-refractivity contribution in [2.24, 2.45) is 0 Å². The molecule has 1 heterocycles. The van der Waals surface area contributed by atoms with Crippen LogP contribution in [0.5, 0.6) is 5.88 Å². The van der Waals surface area contributed by atoms with Crippen LogP contribution in [0.1, 0.15) is 0 Å². The topological polar surface area (TPSA) is 22.1 Å². The molecule has 10 heavy (non-hydrogen) atoms. The molecule has 54 valence electrons. The van der Waals surface area contributed by atoms with Crippen LogP contribution in [0.25, 0.3) is 0 Å². The molecule has 0 aliphatic rings. The highest BCUT2D eigenvalue weighted by molar-refractivity contribution is 6.31. The van der Waals surface area contributed by atoms with Gasteiger partial charge in [0.2, 0.25) is 5.88 Å². The van der Waals surface area contributed by atoms with Gasteiger partial charge in [0.1, 0.15) is 5.02 Å². The maximum Gasteiger partial charge on any atom is 0.233 e. The van der Waals surface area contributed by atoms with Gasteiger partial charge in [-0.2, -0.15) is 0 Å². The predicted molar refractivity (Wildman–Crippen MR) is 40.6 cm³/mol. The summed E-state index contributed by atoms with van der Waals surface area (Å²) in [6.45, 7) is 0. The summed E-state index contributed by atoms with van der Waals surface area (Å²) in [6.07, 6.45) is 1.59. The van der Waals surface area contributed by atoms with E-state index in [-0.39, 0.29) is 6.07 Å². The van der Waals surface area contributed by atoms with Crippen molar-refractivity contribution in [3.63, 3.8) is 0 Å². The number of hydrogen-bond donors (Lipinski definition) is 0. The number of aromatic nitrogens is 1. The summed E-state index contributed by atoms with van der Waals surface area (Å²) in [5.41, 5.74) is 0. The number of nitrogens with zero attached hydrogens (tertiary/aromatic N) is 1. The summed E-state index contributed by atoms with van der Waals surface area (Å²) in [7, 11) is 0. The lowest BCUT2D eigenvalue weighted by Gasteiger charge is -2.00. The Morgan fingerprint density at radius 2 is 2.40 bits per heavy atom. The minimum absolute atomic E-state index is 0.0662. The summed E-state index contributed by atoms with van der Waals surface area (Å²) in [6, 6.07) is 3.48. The van der Waals surface area contributed by atoms with Gasteiger partial charge in [-0.25, -0.2) is 4.98 Å². The third kappa shape index (κ3) is 1.75. The minimum atomic E-state index is 0.0662. The van der Waals surface area contributed by atoms with Crippen LogP contribution in [0.3, 0.4) is 0 Å². The van der Waals surface area contributed by atoms with Crippen molar-refractivity contribution in [1.82, 2.24) is 4.98 Å². The molecule has 0 aliphatic heterocycles. The molecule has 0 bridgehead atoms. The van der Waals surface area contributed by atoms with Crippen molar-refractivity contribution in [1.29, 1.82) is 0 Å². The highest BCUT2D eigenvalue weighted by Gasteiger charge is 1.98. The first-order chi connectivity index (χ1) is 4.84. The highest BCUT2D eigenvalue weighted by atomic mass is 35.5. The van der Waals surface area contributed by atoms with Crippen molar-refractivity contribution in [2.45, 2.75) is 0 Å². The molecular weight excluding hydrogens is 173 g/mol. The number of ether oxygens (including phenoxy) is 1. The van der Waals surface area contributed by atoms with Crippen LogP contribution in [-0.4, -0.2) is 11.1 Å². The molecule has 0 unspecified atom stereocenters. The molecule has 0 saturated carbocycles. The summed E-state index contributed by atoms with van der Waals surface area (Å²) < 4.78 is 4.86. The number of halogens is 2. The Kier molecular flexibility index (Phi) is 2.78. The fraction of sp³-hybridized carbons (Fsp3) is 0.167. The molecule has 0 saturated heterocycles. The van der Waals surface area contributed by atoms with Gasteiger partial charge in [0.25, 0.3) is 0 Å². The number of hydrogen-bond acceptors (Lipinski definition) is 2. The van der Waals surface area contributed by atoms with Crippen LogP contribution in [-0.2, 0) is 0 Å². The standard InChI is InChI=1S/C6H5Cl2NO/c7-4-10-6-5(8)2-1-3-9-6/h1-3H,4H2. The van der Waals surface area contributed by atoms with Crippen LogP contribution < -0.4 is 4.74 Å². The SMILES string of the molecule is ClCOc1ncccc1Cl. The molecule has 1 aromatic rings. The fourth-order valence-electron chi connectivity index (χ4n) is 0.529. The van der Waals surface area contributed by atoms with Gasteiger partial charge in [-0.15, -0.1) is 0 Å². The zero-order valence-corrected chi connectivity index (χ0v) is 6.56. The molecule has 1 rings (SSSR count).